The molecule has 18 heavy (non-hydrogen) atoms. The van der Waals surface area contributed by atoms with Crippen molar-refractivity contribution in [2.45, 2.75) is 51.0 Å². The van der Waals surface area contributed by atoms with Crippen molar-refractivity contribution in [3.63, 3.8) is 0 Å². The summed E-state index contributed by atoms with van der Waals surface area (Å²) in [4.78, 5) is 0. The van der Waals surface area contributed by atoms with Crippen LogP contribution in [0.4, 0.5) is 0 Å². The molecule has 0 radical (unpaired) electrons. The number of hydrogen-bond donors (Lipinski definition) is 1. The van der Waals surface area contributed by atoms with Gasteiger partial charge in [-0.1, -0.05) is 43.7 Å². The van der Waals surface area contributed by atoms with E-state index in [9.17, 15) is 5.11 Å². The maximum absolute atomic E-state index is 10.3. The number of aliphatic hydroxyl groups excluding tert-OH is 1. The Morgan fingerprint density at radius 1 is 1.28 bits per heavy atom. The van der Waals surface area contributed by atoms with E-state index in [1.165, 1.54) is 32.1 Å². The number of aliphatic hydroxyl groups is 1. The predicted molar refractivity (Wildman–Crippen MR) is 84.9 cm³/mol. The monoisotopic (exact) mass is 378 g/mol. The lowest BCUT2D eigenvalue weighted by Gasteiger charge is -2.23. The Balaban J connectivity index is 1.90. The van der Waals surface area contributed by atoms with Crippen LogP contribution in [0.5, 0.6) is 0 Å². The third-order valence-corrected chi connectivity index (χ3v) is 5.11. The Hall–Kier alpha value is 0.200. The van der Waals surface area contributed by atoms with E-state index in [0.717, 1.165) is 27.9 Å². The van der Waals surface area contributed by atoms with Crippen molar-refractivity contribution in [3.8, 4) is 0 Å². The van der Waals surface area contributed by atoms with E-state index < -0.39 is 0 Å². The highest BCUT2D eigenvalue weighted by atomic mass is 127. The summed E-state index contributed by atoms with van der Waals surface area (Å²) >= 11 is 8.26. The first kappa shape index (κ1) is 14.6. The smallest absolute Gasteiger partial charge is 0.0800 e. The van der Waals surface area contributed by atoms with Gasteiger partial charge in [-0.05, 0) is 65.1 Å². The van der Waals surface area contributed by atoms with E-state index in [1.807, 2.05) is 18.2 Å². The van der Waals surface area contributed by atoms with Crippen LogP contribution in [0.2, 0.25) is 5.02 Å². The summed E-state index contributed by atoms with van der Waals surface area (Å²) in [5.74, 6) is 0.824. The van der Waals surface area contributed by atoms with E-state index in [1.54, 1.807) is 0 Å². The van der Waals surface area contributed by atoms with E-state index in [2.05, 4.69) is 22.6 Å². The van der Waals surface area contributed by atoms with Crippen molar-refractivity contribution in [2.75, 3.05) is 0 Å². The molecule has 3 heteroatoms. The van der Waals surface area contributed by atoms with Gasteiger partial charge in [0.2, 0.25) is 0 Å². The molecule has 0 saturated heterocycles. The van der Waals surface area contributed by atoms with Crippen molar-refractivity contribution in [3.05, 3.63) is 32.4 Å². The SMILES string of the molecule is OC(CCC1CCCCC1)c1cc(Cl)ccc1I. The van der Waals surface area contributed by atoms with Gasteiger partial charge in [-0.15, -0.1) is 0 Å². The summed E-state index contributed by atoms with van der Waals surface area (Å²) < 4.78 is 1.10. The molecule has 1 fully saturated rings. The Kier molecular flexibility index (Phi) is 5.77. The van der Waals surface area contributed by atoms with Crippen molar-refractivity contribution < 1.29 is 5.11 Å². The van der Waals surface area contributed by atoms with E-state index in [0.29, 0.717) is 5.02 Å². The first-order chi connectivity index (χ1) is 8.66. The third kappa shape index (κ3) is 4.10. The molecule has 0 heterocycles. The second-order valence-corrected chi connectivity index (χ2v) is 6.86. The van der Waals surface area contributed by atoms with Gasteiger partial charge in [0.05, 0.1) is 6.10 Å². The molecule has 2 rings (SSSR count). The highest BCUT2D eigenvalue weighted by Gasteiger charge is 2.17. The third-order valence-electron chi connectivity index (χ3n) is 3.89. The summed E-state index contributed by atoms with van der Waals surface area (Å²) in [6.07, 6.45) is 8.47. The average molecular weight is 379 g/mol. The van der Waals surface area contributed by atoms with Crippen molar-refractivity contribution >= 4 is 34.2 Å². The van der Waals surface area contributed by atoms with Crippen molar-refractivity contribution in [1.82, 2.24) is 0 Å². The first-order valence-corrected chi connectivity index (χ1v) is 8.25. The van der Waals surface area contributed by atoms with Crippen LogP contribution in [0, 0.1) is 9.49 Å². The number of hydrogen-bond acceptors (Lipinski definition) is 1. The molecule has 1 aliphatic carbocycles. The van der Waals surface area contributed by atoms with E-state index in [-0.39, 0.29) is 6.10 Å². The number of halogens is 2. The number of rotatable bonds is 4. The van der Waals surface area contributed by atoms with Gasteiger partial charge < -0.3 is 5.11 Å². The average Bonchev–Trinajstić information content (AvgIpc) is 2.40. The lowest BCUT2D eigenvalue weighted by Crippen LogP contribution is -2.09. The fraction of sp³-hybridized carbons (Fsp3) is 0.600. The quantitative estimate of drug-likeness (QED) is 0.701. The Morgan fingerprint density at radius 3 is 2.72 bits per heavy atom. The standard InChI is InChI=1S/C15H20ClIO/c16-12-7-8-14(17)13(10-12)15(18)9-6-11-4-2-1-3-5-11/h7-8,10-11,15,18H,1-6,9H2. The molecule has 0 aliphatic heterocycles. The predicted octanol–water partition coefficient (Wildman–Crippen LogP) is 5.34. The molecule has 1 aromatic carbocycles. The zero-order valence-corrected chi connectivity index (χ0v) is 13.5. The van der Waals surface area contributed by atoms with Crippen LogP contribution in [-0.4, -0.2) is 5.11 Å². The minimum atomic E-state index is -0.363. The lowest BCUT2D eigenvalue weighted by molar-refractivity contribution is 0.150. The largest absolute Gasteiger partial charge is 0.388 e. The fourth-order valence-corrected chi connectivity index (χ4v) is 3.67. The Bertz CT molecular complexity index is 388. The van der Waals surface area contributed by atoms with Gasteiger partial charge >= 0.3 is 0 Å². The van der Waals surface area contributed by atoms with Gasteiger partial charge in [0, 0.05) is 8.59 Å². The molecule has 1 saturated carbocycles. The van der Waals surface area contributed by atoms with Crippen LogP contribution < -0.4 is 0 Å². The molecule has 0 bridgehead atoms. The van der Waals surface area contributed by atoms with E-state index >= 15 is 0 Å². The van der Waals surface area contributed by atoms with Gasteiger partial charge in [-0.25, -0.2) is 0 Å². The molecular weight excluding hydrogens is 359 g/mol. The van der Waals surface area contributed by atoms with Gasteiger partial charge in [0.15, 0.2) is 0 Å². The second kappa shape index (κ2) is 7.11. The highest BCUT2D eigenvalue weighted by Crippen LogP contribution is 2.32. The molecule has 1 unspecified atom stereocenters. The zero-order chi connectivity index (χ0) is 13.0. The normalized spacial score (nSPS) is 18.8. The van der Waals surface area contributed by atoms with Crippen molar-refractivity contribution in [1.29, 1.82) is 0 Å². The summed E-state index contributed by atoms with van der Waals surface area (Å²) in [6.45, 7) is 0. The van der Waals surface area contributed by atoms with Gasteiger partial charge in [-0.2, -0.15) is 0 Å². The minimum Gasteiger partial charge on any atom is -0.388 e. The summed E-state index contributed by atoms with van der Waals surface area (Å²) in [7, 11) is 0. The zero-order valence-electron chi connectivity index (χ0n) is 10.5. The Labute approximate surface area is 128 Å². The van der Waals surface area contributed by atoms with Crippen LogP contribution in [-0.2, 0) is 0 Å². The van der Waals surface area contributed by atoms with E-state index in [4.69, 9.17) is 11.6 Å². The molecule has 1 aliphatic rings. The van der Waals surface area contributed by atoms with Crippen LogP contribution >= 0.6 is 34.2 Å². The first-order valence-electron chi connectivity index (χ1n) is 6.80. The molecular formula is C15H20ClIO. The van der Waals surface area contributed by atoms with Gasteiger partial charge in [0.1, 0.15) is 0 Å². The molecule has 0 amide bonds. The van der Waals surface area contributed by atoms with Gasteiger partial charge in [-0.3, -0.25) is 0 Å². The molecule has 1 N–H and O–H groups in total. The van der Waals surface area contributed by atoms with Crippen molar-refractivity contribution in [2.24, 2.45) is 5.92 Å². The Morgan fingerprint density at radius 2 is 2.00 bits per heavy atom. The molecule has 1 atom stereocenters. The van der Waals surface area contributed by atoms with Crippen LogP contribution in [0.25, 0.3) is 0 Å². The highest BCUT2D eigenvalue weighted by molar-refractivity contribution is 14.1. The fourth-order valence-electron chi connectivity index (χ4n) is 2.79. The van der Waals surface area contributed by atoms with Crippen LogP contribution in [0.15, 0.2) is 18.2 Å². The summed E-state index contributed by atoms with van der Waals surface area (Å²) in [5.41, 5.74) is 0.985. The molecule has 100 valence electrons. The topological polar surface area (TPSA) is 20.2 Å². The second-order valence-electron chi connectivity index (χ2n) is 5.26. The lowest BCUT2D eigenvalue weighted by atomic mass is 9.85. The molecule has 0 spiro atoms. The molecule has 1 nitrogen and oxygen atoms in total. The summed E-state index contributed by atoms with van der Waals surface area (Å²) in [6, 6.07) is 5.75. The van der Waals surface area contributed by atoms with Crippen LogP contribution in [0.3, 0.4) is 0 Å². The van der Waals surface area contributed by atoms with Gasteiger partial charge in [0.25, 0.3) is 0 Å². The maximum atomic E-state index is 10.3. The molecule has 0 aromatic heterocycles. The maximum Gasteiger partial charge on any atom is 0.0800 e. The van der Waals surface area contributed by atoms with Crippen LogP contribution in [0.1, 0.15) is 56.6 Å². The number of benzene rings is 1. The molecule has 1 aromatic rings. The minimum absolute atomic E-state index is 0.363. The summed E-state index contributed by atoms with van der Waals surface area (Å²) in [5, 5.41) is 11.0.